The molecule has 1 aliphatic rings. The van der Waals surface area contributed by atoms with Crippen LogP contribution in [0.2, 0.25) is 0 Å². The van der Waals surface area contributed by atoms with Crippen LogP contribution in [0.3, 0.4) is 0 Å². The molecule has 0 amide bonds. The summed E-state index contributed by atoms with van der Waals surface area (Å²) in [7, 11) is 1.67. The highest BCUT2D eigenvalue weighted by atomic mass is 16.7. The van der Waals surface area contributed by atoms with E-state index in [2.05, 4.69) is 0 Å². The molecule has 2 rings (SSSR count). The average Bonchev–Trinajstić information content (AvgIpc) is 2.99. The Bertz CT molecular complexity index is 547. The maximum absolute atomic E-state index is 12.0. The molecule has 1 aromatic rings. The summed E-state index contributed by atoms with van der Waals surface area (Å²) >= 11 is 0. The lowest BCUT2D eigenvalue weighted by molar-refractivity contribution is -0.150. The first-order valence-electron chi connectivity index (χ1n) is 8.52. The van der Waals surface area contributed by atoms with Crippen LogP contribution in [0.4, 0.5) is 0 Å². The average molecular weight is 336 g/mol. The van der Waals surface area contributed by atoms with Gasteiger partial charge in [-0.2, -0.15) is 0 Å². The Morgan fingerprint density at radius 2 is 1.96 bits per heavy atom. The van der Waals surface area contributed by atoms with Crippen molar-refractivity contribution in [3.05, 3.63) is 29.3 Å². The summed E-state index contributed by atoms with van der Waals surface area (Å²) in [5.74, 6) is 0.156. The van der Waals surface area contributed by atoms with E-state index < -0.39 is 5.79 Å². The van der Waals surface area contributed by atoms with Gasteiger partial charge in [0, 0.05) is 32.5 Å². The molecule has 5 nitrogen and oxygen atoms in total. The zero-order chi connectivity index (χ0) is 17.6. The van der Waals surface area contributed by atoms with Gasteiger partial charge in [-0.3, -0.25) is 4.79 Å². The van der Waals surface area contributed by atoms with Gasteiger partial charge in [0.2, 0.25) is 0 Å². The number of Topliss-reactive ketones (excluding diaryl/α,β-unsaturated/α-hetero) is 1. The summed E-state index contributed by atoms with van der Waals surface area (Å²) in [5.41, 5.74) is 1.80. The third kappa shape index (κ3) is 4.79. The van der Waals surface area contributed by atoms with Crippen molar-refractivity contribution in [2.75, 3.05) is 33.5 Å². The van der Waals surface area contributed by atoms with Gasteiger partial charge in [0.25, 0.3) is 0 Å². The van der Waals surface area contributed by atoms with E-state index in [1.807, 2.05) is 39.0 Å². The van der Waals surface area contributed by atoms with Crippen molar-refractivity contribution in [3.63, 3.8) is 0 Å². The number of hydrogen-bond acceptors (Lipinski definition) is 5. The number of methoxy groups -OCH3 is 1. The molecule has 0 radical (unpaired) electrons. The lowest BCUT2D eigenvalue weighted by Gasteiger charge is -2.26. The summed E-state index contributed by atoms with van der Waals surface area (Å²) in [6, 6.07) is 5.83. The summed E-state index contributed by atoms with van der Waals surface area (Å²) < 4.78 is 22.5. The molecule has 0 spiro atoms. The number of ether oxygens (including phenoxy) is 4. The normalized spacial score (nSPS) is 16.5. The SMILES string of the molecule is COCCCOc1cc(CC(=O)C(C)C)ccc1C1(C)OCCO1. The van der Waals surface area contributed by atoms with Crippen LogP contribution < -0.4 is 4.74 Å². The minimum absolute atomic E-state index is 0.0229. The zero-order valence-electron chi connectivity index (χ0n) is 15.1. The third-order valence-electron chi connectivity index (χ3n) is 4.15. The molecular weight excluding hydrogens is 308 g/mol. The van der Waals surface area contributed by atoms with E-state index in [4.69, 9.17) is 18.9 Å². The summed E-state index contributed by atoms with van der Waals surface area (Å²) in [6.07, 6.45) is 1.20. The molecule has 0 unspecified atom stereocenters. The first-order valence-corrected chi connectivity index (χ1v) is 8.52. The topological polar surface area (TPSA) is 54.0 Å². The Labute approximate surface area is 144 Å². The lowest BCUT2D eigenvalue weighted by Crippen LogP contribution is -2.24. The molecule has 1 saturated heterocycles. The van der Waals surface area contributed by atoms with Gasteiger partial charge in [-0.25, -0.2) is 0 Å². The summed E-state index contributed by atoms with van der Waals surface area (Å²) in [5, 5.41) is 0. The van der Waals surface area contributed by atoms with Crippen molar-refractivity contribution < 1.29 is 23.7 Å². The smallest absolute Gasteiger partial charge is 0.195 e. The van der Waals surface area contributed by atoms with Gasteiger partial charge in [-0.1, -0.05) is 19.9 Å². The van der Waals surface area contributed by atoms with Crippen LogP contribution >= 0.6 is 0 Å². The number of rotatable bonds is 9. The third-order valence-corrected chi connectivity index (χ3v) is 4.15. The summed E-state index contributed by atoms with van der Waals surface area (Å²) in [4.78, 5) is 12.0. The molecule has 1 heterocycles. The molecule has 0 saturated carbocycles. The predicted molar refractivity (Wildman–Crippen MR) is 91.2 cm³/mol. The number of carbonyl (C=O) groups excluding carboxylic acids is 1. The standard InChI is InChI=1S/C19H28O5/c1-14(2)17(20)12-15-6-7-16(19(3)23-10-11-24-19)18(13-15)22-9-5-8-21-4/h6-7,13-14H,5,8-12H2,1-4H3. The minimum Gasteiger partial charge on any atom is -0.493 e. The van der Waals surface area contributed by atoms with Gasteiger partial charge in [-0.05, 0) is 24.6 Å². The van der Waals surface area contributed by atoms with E-state index in [0.717, 1.165) is 17.5 Å². The molecule has 0 aliphatic carbocycles. The van der Waals surface area contributed by atoms with E-state index in [0.29, 0.717) is 38.6 Å². The lowest BCUT2D eigenvalue weighted by atomic mass is 9.97. The molecule has 5 heteroatoms. The van der Waals surface area contributed by atoms with Crippen molar-refractivity contribution in [2.45, 2.75) is 39.4 Å². The van der Waals surface area contributed by atoms with E-state index in [1.54, 1.807) is 7.11 Å². The molecule has 24 heavy (non-hydrogen) atoms. The van der Waals surface area contributed by atoms with Crippen molar-refractivity contribution in [3.8, 4) is 5.75 Å². The van der Waals surface area contributed by atoms with Crippen LogP contribution in [0.5, 0.6) is 5.75 Å². The fourth-order valence-corrected chi connectivity index (χ4v) is 2.63. The van der Waals surface area contributed by atoms with Crippen LogP contribution in [0.1, 0.15) is 38.3 Å². The van der Waals surface area contributed by atoms with Gasteiger partial charge in [0.05, 0.1) is 25.4 Å². The first kappa shape index (κ1) is 18.9. The monoisotopic (exact) mass is 336 g/mol. The molecule has 134 valence electrons. The summed E-state index contributed by atoms with van der Waals surface area (Å²) in [6.45, 7) is 8.04. The Balaban J connectivity index is 2.20. The van der Waals surface area contributed by atoms with Gasteiger partial charge < -0.3 is 18.9 Å². The molecule has 0 N–H and O–H groups in total. The second kappa shape index (κ2) is 8.60. The Morgan fingerprint density at radius 1 is 1.25 bits per heavy atom. The number of benzene rings is 1. The van der Waals surface area contributed by atoms with Gasteiger partial charge >= 0.3 is 0 Å². The van der Waals surface area contributed by atoms with Crippen LogP contribution in [0.15, 0.2) is 18.2 Å². The van der Waals surface area contributed by atoms with Gasteiger partial charge in [0.15, 0.2) is 5.79 Å². The van der Waals surface area contributed by atoms with Gasteiger partial charge in [0.1, 0.15) is 11.5 Å². The highest BCUT2D eigenvalue weighted by molar-refractivity contribution is 5.82. The van der Waals surface area contributed by atoms with Crippen LogP contribution in [-0.4, -0.2) is 39.3 Å². The van der Waals surface area contributed by atoms with E-state index in [9.17, 15) is 4.79 Å². The Kier molecular flexibility index (Phi) is 6.78. The van der Waals surface area contributed by atoms with E-state index >= 15 is 0 Å². The molecule has 1 aliphatic heterocycles. The van der Waals surface area contributed by atoms with Crippen LogP contribution in [-0.2, 0) is 31.2 Å². The highest BCUT2D eigenvalue weighted by Crippen LogP contribution is 2.37. The van der Waals surface area contributed by atoms with E-state index in [1.165, 1.54) is 0 Å². The van der Waals surface area contributed by atoms with E-state index in [-0.39, 0.29) is 11.7 Å². The largest absolute Gasteiger partial charge is 0.493 e. The molecule has 1 aromatic carbocycles. The fourth-order valence-electron chi connectivity index (χ4n) is 2.63. The maximum atomic E-state index is 12.0. The molecular formula is C19H28O5. The fraction of sp³-hybridized carbons (Fsp3) is 0.632. The van der Waals surface area contributed by atoms with Crippen molar-refractivity contribution in [1.29, 1.82) is 0 Å². The number of carbonyl (C=O) groups is 1. The second-order valence-electron chi connectivity index (χ2n) is 6.47. The molecule has 0 aromatic heterocycles. The maximum Gasteiger partial charge on any atom is 0.195 e. The molecule has 0 bridgehead atoms. The minimum atomic E-state index is -0.794. The van der Waals surface area contributed by atoms with Crippen LogP contribution in [0.25, 0.3) is 0 Å². The second-order valence-corrected chi connectivity index (χ2v) is 6.47. The highest BCUT2D eigenvalue weighted by Gasteiger charge is 2.36. The Hall–Kier alpha value is -1.43. The quantitative estimate of drug-likeness (QED) is 0.649. The van der Waals surface area contributed by atoms with Crippen molar-refractivity contribution >= 4 is 5.78 Å². The van der Waals surface area contributed by atoms with Gasteiger partial charge in [-0.15, -0.1) is 0 Å². The molecule has 1 fully saturated rings. The van der Waals surface area contributed by atoms with Crippen LogP contribution in [0, 0.1) is 5.92 Å². The van der Waals surface area contributed by atoms with Crippen molar-refractivity contribution in [1.82, 2.24) is 0 Å². The number of ketones is 1. The zero-order valence-corrected chi connectivity index (χ0v) is 15.1. The first-order chi connectivity index (χ1) is 11.5. The predicted octanol–water partition coefficient (Wildman–Crippen LogP) is 3.09. The van der Waals surface area contributed by atoms with Crippen molar-refractivity contribution in [2.24, 2.45) is 5.92 Å². The molecule has 0 atom stereocenters. The Morgan fingerprint density at radius 3 is 2.58 bits per heavy atom. The number of hydrogen-bond donors (Lipinski definition) is 0.